The Balaban J connectivity index is 2.20. The van der Waals surface area contributed by atoms with Gasteiger partial charge in [-0.3, -0.25) is 0 Å². The highest BCUT2D eigenvalue weighted by molar-refractivity contribution is 9.10. The fraction of sp³-hybridized carbons (Fsp3) is 0.500. The van der Waals surface area contributed by atoms with Crippen LogP contribution in [-0.4, -0.2) is 7.05 Å². The first kappa shape index (κ1) is 11.4. The van der Waals surface area contributed by atoms with E-state index in [1.54, 1.807) is 0 Å². The molecule has 0 radical (unpaired) electrons. The Morgan fingerprint density at radius 3 is 2.87 bits per heavy atom. The molecule has 0 saturated heterocycles. The van der Waals surface area contributed by atoms with E-state index < -0.39 is 0 Å². The van der Waals surface area contributed by atoms with Crippen LogP contribution < -0.4 is 5.32 Å². The van der Waals surface area contributed by atoms with Crippen LogP contribution in [0.5, 0.6) is 0 Å². The lowest BCUT2D eigenvalue weighted by molar-refractivity contribution is 0.514. The van der Waals surface area contributed by atoms with Crippen LogP contribution in [0.3, 0.4) is 0 Å². The third-order valence-corrected chi connectivity index (χ3v) is 4.28. The second-order valence-corrected chi connectivity index (χ2v) is 5.40. The van der Waals surface area contributed by atoms with Crippen molar-refractivity contribution in [1.29, 1.82) is 0 Å². The minimum absolute atomic E-state index is 0.391. The van der Waals surface area contributed by atoms with Crippen molar-refractivity contribution < 1.29 is 0 Å². The minimum Gasteiger partial charge on any atom is -0.313 e. The molecule has 82 valence electrons. The lowest BCUT2D eigenvalue weighted by atomic mass is 10.0. The van der Waals surface area contributed by atoms with Gasteiger partial charge in [-0.15, -0.1) is 0 Å². The van der Waals surface area contributed by atoms with E-state index in [0.717, 1.165) is 15.4 Å². The average Bonchev–Trinajstić information content (AvgIpc) is 3.03. The molecule has 1 aromatic rings. The first-order valence-electron chi connectivity index (χ1n) is 5.33. The highest BCUT2D eigenvalue weighted by Gasteiger charge is 2.26. The Morgan fingerprint density at radius 2 is 2.27 bits per heavy atom. The minimum atomic E-state index is 0.391. The molecule has 1 aliphatic rings. The highest BCUT2D eigenvalue weighted by Crippen LogP contribution is 2.40. The van der Waals surface area contributed by atoms with Crippen molar-refractivity contribution in [2.75, 3.05) is 7.05 Å². The van der Waals surface area contributed by atoms with Crippen molar-refractivity contribution in [3.8, 4) is 0 Å². The Bertz CT molecular complexity index is 349. The normalized spacial score (nSPS) is 17.8. The van der Waals surface area contributed by atoms with Gasteiger partial charge in [0, 0.05) is 10.5 Å². The zero-order valence-corrected chi connectivity index (χ0v) is 11.1. The summed E-state index contributed by atoms with van der Waals surface area (Å²) < 4.78 is 0.984. The van der Waals surface area contributed by atoms with Crippen molar-refractivity contribution in [1.82, 2.24) is 5.32 Å². The van der Waals surface area contributed by atoms with Crippen LogP contribution >= 0.6 is 27.5 Å². The molecule has 1 saturated carbocycles. The second-order valence-electron chi connectivity index (χ2n) is 4.16. The van der Waals surface area contributed by atoms with E-state index in [0.29, 0.717) is 6.04 Å². The quantitative estimate of drug-likeness (QED) is 0.877. The van der Waals surface area contributed by atoms with Crippen LogP contribution in [-0.2, 0) is 0 Å². The largest absolute Gasteiger partial charge is 0.313 e. The summed E-state index contributed by atoms with van der Waals surface area (Å²) in [5.74, 6) is 0.900. The predicted molar refractivity (Wildman–Crippen MR) is 68.3 cm³/mol. The molecule has 0 heterocycles. The Hall–Kier alpha value is -0.0500. The predicted octanol–water partition coefficient (Wildman–Crippen LogP) is 4.16. The van der Waals surface area contributed by atoms with Crippen LogP contribution in [0.15, 0.2) is 22.7 Å². The summed E-state index contributed by atoms with van der Waals surface area (Å²) >= 11 is 9.75. The second kappa shape index (κ2) is 4.86. The van der Waals surface area contributed by atoms with E-state index in [-0.39, 0.29) is 0 Å². The number of nitrogens with one attached hydrogen (secondary N) is 1. The summed E-state index contributed by atoms with van der Waals surface area (Å²) in [4.78, 5) is 0. The Labute approximate surface area is 104 Å². The first-order valence-corrected chi connectivity index (χ1v) is 6.50. The Kier molecular flexibility index (Phi) is 3.70. The van der Waals surface area contributed by atoms with Crippen molar-refractivity contribution >= 4 is 27.5 Å². The van der Waals surface area contributed by atoms with Gasteiger partial charge >= 0.3 is 0 Å². The van der Waals surface area contributed by atoms with Gasteiger partial charge in [0.05, 0.1) is 5.02 Å². The van der Waals surface area contributed by atoms with Gasteiger partial charge in [-0.05, 0) is 46.9 Å². The molecule has 2 rings (SSSR count). The number of benzene rings is 1. The fourth-order valence-electron chi connectivity index (χ4n) is 1.88. The number of hydrogen-bond acceptors (Lipinski definition) is 1. The van der Waals surface area contributed by atoms with Gasteiger partial charge < -0.3 is 5.32 Å². The Morgan fingerprint density at radius 1 is 1.53 bits per heavy atom. The molecule has 3 heteroatoms. The molecular formula is C12H15BrClN. The molecule has 1 atom stereocenters. The zero-order valence-electron chi connectivity index (χ0n) is 8.76. The standard InChI is InChI=1S/C12H15BrClN/c1-15-11(7-8-5-6-8)9-3-2-4-10(13)12(9)14/h2-4,8,11,15H,5-7H2,1H3. The maximum Gasteiger partial charge on any atom is 0.0595 e. The maximum absolute atomic E-state index is 6.28. The van der Waals surface area contributed by atoms with E-state index in [1.165, 1.54) is 24.8 Å². The lowest BCUT2D eigenvalue weighted by Crippen LogP contribution is -2.17. The van der Waals surface area contributed by atoms with Gasteiger partial charge in [0.25, 0.3) is 0 Å². The van der Waals surface area contributed by atoms with Crippen molar-refractivity contribution in [3.63, 3.8) is 0 Å². The summed E-state index contributed by atoms with van der Waals surface area (Å²) in [5.41, 5.74) is 1.21. The molecule has 0 spiro atoms. The molecule has 15 heavy (non-hydrogen) atoms. The molecule has 0 aliphatic heterocycles. The summed E-state index contributed by atoms with van der Waals surface area (Å²) in [5, 5.41) is 4.20. The van der Waals surface area contributed by atoms with Crippen LogP contribution in [0.2, 0.25) is 5.02 Å². The molecule has 1 unspecified atom stereocenters. The van der Waals surface area contributed by atoms with Crippen molar-refractivity contribution in [3.05, 3.63) is 33.3 Å². The van der Waals surface area contributed by atoms with Gasteiger partial charge in [-0.25, -0.2) is 0 Å². The van der Waals surface area contributed by atoms with Crippen molar-refractivity contribution in [2.24, 2.45) is 5.92 Å². The average molecular weight is 289 g/mol. The molecular weight excluding hydrogens is 273 g/mol. The van der Waals surface area contributed by atoms with Gasteiger partial charge in [0.1, 0.15) is 0 Å². The van der Waals surface area contributed by atoms with Gasteiger partial charge in [0.15, 0.2) is 0 Å². The number of rotatable bonds is 4. The summed E-state index contributed by atoms with van der Waals surface area (Å²) in [6.07, 6.45) is 3.96. The lowest BCUT2D eigenvalue weighted by Gasteiger charge is -2.18. The van der Waals surface area contributed by atoms with Crippen LogP contribution in [0, 0.1) is 5.92 Å². The fourth-order valence-corrected chi connectivity index (χ4v) is 2.52. The molecule has 1 aromatic carbocycles. The van der Waals surface area contributed by atoms with E-state index in [2.05, 4.69) is 27.3 Å². The van der Waals surface area contributed by atoms with Gasteiger partial charge in [-0.1, -0.05) is 36.6 Å². The third kappa shape index (κ3) is 2.74. The topological polar surface area (TPSA) is 12.0 Å². The van der Waals surface area contributed by atoms with Crippen LogP contribution in [0.25, 0.3) is 0 Å². The zero-order chi connectivity index (χ0) is 10.8. The highest BCUT2D eigenvalue weighted by atomic mass is 79.9. The number of hydrogen-bond donors (Lipinski definition) is 1. The molecule has 0 bridgehead atoms. The summed E-state index contributed by atoms with van der Waals surface area (Å²) in [6, 6.07) is 6.52. The van der Waals surface area contributed by atoms with E-state index in [1.807, 2.05) is 19.2 Å². The molecule has 1 N–H and O–H groups in total. The summed E-state index contributed by atoms with van der Waals surface area (Å²) in [7, 11) is 2.00. The molecule has 1 nitrogen and oxygen atoms in total. The first-order chi connectivity index (χ1) is 7.22. The molecule has 1 aliphatic carbocycles. The van der Waals surface area contributed by atoms with Crippen molar-refractivity contribution in [2.45, 2.75) is 25.3 Å². The van der Waals surface area contributed by atoms with Gasteiger partial charge in [-0.2, -0.15) is 0 Å². The van der Waals surface area contributed by atoms with E-state index in [9.17, 15) is 0 Å². The van der Waals surface area contributed by atoms with E-state index >= 15 is 0 Å². The smallest absolute Gasteiger partial charge is 0.0595 e. The van der Waals surface area contributed by atoms with Crippen LogP contribution in [0.4, 0.5) is 0 Å². The summed E-state index contributed by atoms with van der Waals surface area (Å²) in [6.45, 7) is 0. The molecule has 0 amide bonds. The van der Waals surface area contributed by atoms with E-state index in [4.69, 9.17) is 11.6 Å². The monoisotopic (exact) mass is 287 g/mol. The maximum atomic E-state index is 6.28. The third-order valence-electron chi connectivity index (χ3n) is 2.97. The SMILES string of the molecule is CNC(CC1CC1)c1cccc(Br)c1Cl. The van der Waals surface area contributed by atoms with Gasteiger partial charge in [0.2, 0.25) is 0 Å². The number of halogens is 2. The van der Waals surface area contributed by atoms with Crippen LogP contribution in [0.1, 0.15) is 30.9 Å². The molecule has 0 aromatic heterocycles. The molecule has 1 fully saturated rings.